The summed E-state index contributed by atoms with van der Waals surface area (Å²) in [5.74, 6) is -8.86. The van der Waals surface area contributed by atoms with Gasteiger partial charge in [-0.05, 0) is 19.3 Å². The second kappa shape index (κ2) is 61.2. The average Bonchev–Trinajstić information content (AvgIpc) is 2.47. The lowest BCUT2D eigenvalue weighted by molar-refractivity contribution is -0.157. The van der Waals surface area contributed by atoms with E-state index in [1.54, 1.807) is 0 Å². The van der Waals surface area contributed by atoms with E-state index < -0.39 is 122 Å². The Hall–Kier alpha value is -5.03. The van der Waals surface area contributed by atoms with Crippen LogP contribution in [0.5, 0.6) is 0 Å². The number of hydrogen-bond acceptors (Lipinski definition) is 15. The van der Waals surface area contributed by atoms with Crippen molar-refractivity contribution in [3.8, 4) is 0 Å². The number of primary amides is 1. The third kappa shape index (κ3) is 53.1. The number of carboxylic acid groups (broad SMARTS) is 1. The first-order chi connectivity index (χ1) is 44.0. The number of thioether (sulfide) groups is 1. The van der Waals surface area contributed by atoms with Gasteiger partial charge in [-0.25, -0.2) is 4.79 Å². The number of carbonyl (C=O) groups excluding carboxylic acids is 9. The van der Waals surface area contributed by atoms with E-state index in [4.69, 9.17) is 25.4 Å². The zero-order valence-electron chi connectivity index (χ0n) is 56.5. The van der Waals surface area contributed by atoms with Gasteiger partial charge in [0, 0.05) is 30.8 Å². The molecule has 22 nitrogen and oxygen atoms in total. The molecule has 23 heteroatoms. The minimum absolute atomic E-state index is 0.0630. The second-order valence-electron chi connectivity index (χ2n) is 24.5. The van der Waals surface area contributed by atoms with E-state index in [9.17, 15) is 53.1 Å². The van der Waals surface area contributed by atoms with Crippen LogP contribution >= 0.6 is 11.8 Å². The van der Waals surface area contributed by atoms with Crippen molar-refractivity contribution >= 4 is 71.0 Å². The monoisotopic (exact) mass is 1310 g/mol. The second-order valence-corrected chi connectivity index (χ2v) is 25.6. The summed E-state index contributed by atoms with van der Waals surface area (Å²) in [4.78, 5) is 129. The molecule has 0 aliphatic carbocycles. The van der Waals surface area contributed by atoms with Gasteiger partial charge in [0.05, 0.1) is 32.7 Å². The number of esters is 2. The number of aliphatic hydroxyl groups excluding tert-OH is 2. The number of nitrogens with two attached hydrogens (primary N) is 1. The Morgan fingerprint density at radius 2 is 0.747 bits per heavy atom. The van der Waals surface area contributed by atoms with E-state index in [2.05, 4.69) is 47.4 Å². The molecule has 0 aliphatic rings. The predicted molar refractivity (Wildman–Crippen MR) is 358 cm³/mol. The zero-order chi connectivity index (χ0) is 67.4. The number of carbonyl (C=O) groups is 10. The number of amides is 7. The standard InChI is InChI=1S/C68H125N7O15S/c1-4-7-10-13-16-19-22-25-28-31-34-37-40-43-60(79)73-58(67(86)74-55(46-59(69)78)66(85)75-56(49-76)65(84)71-47-61(80)70-48-62(81)72-57(50-77)68(87)88)53-91-52-54(90-64(83)45-42-39-36-33-30-27-24-21-18-15-12-9-6-3)51-89-63(82)44-41-38-35-32-29-26-23-20-17-14-11-8-5-2/h54-58,76-77H,4-53H2,1-3H3,(H2,69,78)(H,70,80)(H,71,84)(H,72,81)(H,73,79)(H,74,86)(H,75,85)(H,87,88)/t54?,55-,56-,57-,58-/m0/s1. The van der Waals surface area contributed by atoms with E-state index in [1.807, 2.05) is 5.32 Å². The van der Waals surface area contributed by atoms with E-state index in [-0.39, 0.29) is 37.4 Å². The summed E-state index contributed by atoms with van der Waals surface area (Å²) in [5.41, 5.74) is 5.51. The van der Waals surface area contributed by atoms with Crippen molar-refractivity contribution in [2.45, 2.75) is 327 Å². The molecule has 0 radical (unpaired) electrons. The Kier molecular flexibility index (Phi) is 57.8. The van der Waals surface area contributed by atoms with Gasteiger partial charge in [0.25, 0.3) is 0 Å². The summed E-state index contributed by atoms with van der Waals surface area (Å²) in [6.07, 6.45) is 43.3. The summed E-state index contributed by atoms with van der Waals surface area (Å²) < 4.78 is 11.6. The molecule has 528 valence electrons. The van der Waals surface area contributed by atoms with E-state index >= 15 is 0 Å². The SMILES string of the molecule is CCCCCCCCCCCCCCCC(=O)N[C@@H](CSCC(COC(=O)CCCCCCCCCCCCCCC)OC(=O)CCCCCCCCCCCCCCC)C(=O)N[C@@H](CC(N)=O)C(=O)N[C@@H](CO)C(=O)NCC(=O)NCC(=O)N[C@@H](CO)C(=O)O. The normalized spacial score (nSPS) is 12.8. The lowest BCUT2D eigenvalue weighted by Crippen LogP contribution is -2.59. The molecule has 0 heterocycles. The highest BCUT2D eigenvalue weighted by Gasteiger charge is 2.32. The Balaban J connectivity index is 6.04. The van der Waals surface area contributed by atoms with Crippen LogP contribution < -0.4 is 37.6 Å². The molecule has 0 aromatic rings. The van der Waals surface area contributed by atoms with Gasteiger partial charge in [-0.3, -0.25) is 43.2 Å². The highest BCUT2D eigenvalue weighted by atomic mass is 32.2. The molecule has 11 N–H and O–H groups in total. The van der Waals surface area contributed by atoms with Gasteiger partial charge in [-0.2, -0.15) is 11.8 Å². The maximum Gasteiger partial charge on any atom is 0.328 e. The fourth-order valence-electron chi connectivity index (χ4n) is 10.4. The molecule has 0 aliphatic heterocycles. The van der Waals surface area contributed by atoms with E-state index in [0.29, 0.717) is 19.3 Å². The largest absolute Gasteiger partial charge is 0.480 e. The maximum absolute atomic E-state index is 14.2. The van der Waals surface area contributed by atoms with Gasteiger partial charge in [0.15, 0.2) is 0 Å². The minimum Gasteiger partial charge on any atom is -0.480 e. The van der Waals surface area contributed by atoms with Gasteiger partial charge < -0.3 is 62.4 Å². The Morgan fingerprint density at radius 1 is 0.385 bits per heavy atom. The molecule has 0 aromatic carbocycles. The summed E-state index contributed by atoms with van der Waals surface area (Å²) in [6, 6.07) is -6.38. The molecular formula is C68H125N7O15S. The number of aliphatic carboxylic acids is 1. The van der Waals surface area contributed by atoms with Crippen LogP contribution in [-0.4, -0.2) is 149 Å². The molecule has 0 fully saturated rings. The summed E-state index contributed by atoms with van der Waals surface area (Å²) >= 11 is 1.14. The van der Waals surface area contributed by atoms with E-state index in [0.717, 1.165) is 82.4 Å². The highest BCUT2D eigenvalue weighted by molar-refractivity contribution is 7.99. The summed E-state index contributed by atoms with van der Waals surface area (Å²) in [5, 5.41) is 42.0. The molecule has 0 spiro atoms. The fraction of sp³-hybridized carbons (Fsp3) is 0.853. The van der Waals surface area contributed by atoms with Gasteiger partial charge in [0.2, 0.25) is 41.4 Å². The lowest BCUT2D eigenvalue weighted by atomic mass is 10.0. The van der Waals surface area contributed by atoms with E-state index in [1.165, 1.54) is 161 Å². The number of unbranched alkanes of at least 4 members (excludes halogenated alkanes) is 36. The molecule has 7 amide bonds. The molecule has 1 unspecified atom stereocenters. The van der Waals surface area contributed by atoms with Crippen LogP contribution in [0.4, 0.5) is 0 Å². The Labute approximate surface area is 550 Å². The molecule has 91 heavy (non-hydrogen) atoms. The van der Waals surface area contributed by atoms with Crippen LogP contribution in [0.3, 0.4) is 0 Å². The maximum atomic E-state index is 14.2. The molecule has 0 saturated carbocycles. The molecular weight excluding hydrogens is 1190 g/mol. The van der Waals surface area contributed by atoms with Gasteiger partial charge in [-0.15, -0.1) is 0 Å². The number of aliphatic hydroxyl groups is 2. The molecule has 0 aromatic heterocycles. The van der Waals surface area contributed by atoms with Crippen molar-refractivity contribution in [1.29, 1.82) is 0 Å². The van der Waals surface area contributed by atoms with Crippen LogP contribution in [-0.2, 0) is 57.4 Å². The van der Waals surface area contributed by atoms with Crippen LogP contribution in [0.25, 0.3) is 0 Å². The molecule has 5 atom stereocenters. The van der Waals surface area contributed by atoms with Crippen molar-refractivity contribution in [3.63, 3.8) is 0 Å². The Bertz CT molecular complexity index is 1950. The topological polar surface area (TPSA) is 348 Å². The van der Waals surface area contributed by atoms with Crippen LogP contribution in [0.2, 0.25) is 0 Å². The van der Waals surface area contributed by atoms with Crippen molar-refractivity contribution in [3.05, 3.63) is 0 Å². The first-order valence-corrected chi connectivity index (χ1v) is 36.6. The highest BCUT2D eigenvalue weighted by Crippen LogP contribution is 2.18. The van der Waals surface area contributed by atoms with Gasteiger partial charge >= 0.3 is 17.9 Å². The average molecular weight is 1310 g/mol. The van der Waals surface area contributed by atoms with Crippen LogP contribution in [0.15, 0.2) is 0 Å². The quantitative estimate of drug-likeness (QED) is 0.0200. The fourth-order valence-corrected chi connectivity index (χ4v) is 11.4. The number of hydrogen-bond donors (Lipinski definition) is 10. The van der Waals surface area contributed by atoms with Gasteiger partial charge in [-0.1, -0.05) is 252 Å². The molecule has 0 saturated heterocycles. The summed E-state index contributed by atoms with van der Waals surface area (Å²) in [6.45, 7) is 3.06. The first kappa shape index (κ1) is 86.0. The zero-order valence-corrected chi connectivity index (χ0v) is 57.3. The number of nitrogens with one attached hydrogen (secondary N) is 6. The third-order valence-electron chi connectivity index (χ3n) is 16.0. The number of carboxylic acids is 1. The van der Waals surface area contributed by atoms with Crippen molar-refractivity contribution in [2.24, 2.45) is 5.73 Å². The Morgan fingerprint density at radius 3 is 1.15 bits per heavy atom. The summed E-state index contributed by atoms with van der Waals surface area (Å²) in [7, 11) is 0. The number of rotatable bonds is 65. The third-order valence-corrected chi connectivity index (χ3v) is 17.2. The predicted octanol–water partition coefficient (Wildman–Crippen LogP) is 9.73. The van der Waals surface area contributed by atoms with Crippen LogP contribution in [0.1, 0.15) is 297 Å². The first-order valence-electron chi connectivity index (χ1n) is 35.4. The van der Waals surface area contributed by atoms with Gasteiger partial charge in [0.1, 0.15) is 36.9 Å². The van der Waals surface area contributed by atoms with Crippen molar-refractivity contribution < 1.29 is 72.7 Å². The van der Waals surface area contributed by atoms with Crippen LogP contribution in [0, 0.1) is 0 Å². The molecule has 0 bridgehead atoms. The lowest BCUT2D eigenvalue weighted by Gasteiger charge is -2.25. The minimum atomic E-state index is -1.73. The number of ether oxygens (including phenoxy) is 2. The van der Waals surface area contributed by atoms with Crippen molar-refractivity contribution in [1.82, 2.24) is 31.9 Å². The van der Waals surface area contributed by atoms with Crippen molar-refractivity contribution in [2.75, 3.05) is 44.4 Å². The molecule has 0 rings (SSSR count). The smallest absolute Gasteiger partial charge is 0.328 e.